The Morgan fingerprint density at radius 3 is 3.07 bits per heavy atom. The lowest BCUT2D eigenvalue weighted by molar-refractivity contribution is 0.266. The third-order valence-electron chi connectivity index (χ3n) is 4.44. The monoisotopic (exact) mass is 241 g/mol. The number of piperidine rings is 1. The Morgan fingerprint density at radius 1 is 1.73 bits per heavy atom. The lowest BCUT2D eigenvalue weighted by Crippen LogP contribution is -2.29. The summed E-state index contributed by atoms with van der Waals surface area (Å²) in [6.45, 7) is 3.54. The highest BCUT2D eigenvalue weighted by Crippen LogP contribution is 2.74. The van der Waals surface area contributed by atoms with E-state index in [2.05, 4.69) is 18.5 Å². The van der Waals surface area contributed by atoms with Crippen LogP contribution < -0.4 is 0 Å². The van der Waals surface area contributed by atoms with Crippen molar-refractivity contribution in [3.63, 3.8) is 0 Å². The second-order valence-electron chi connectivity index (χ2n) is 4.85. The molecule has 2 bridgehead atoms. The van der Waals surface area contributed by atoms with Crippen molar-refractivity contribution in [3.8, 4) is 0 Å². The normalized spacial score (nSPS) is 46.3. The van der Waals surface area contributed by atoms with Crippen LogP contribution in [0.5, 0.6) is 0 Å². The smallest absolute Gasteiger partial charge is 0.225 e. The minimum absolute atomic E-state index is 0.380. The first-order valence-electron chi connectivity index (χ1n) is 5.37. The Bertz CT molecular complexity index is 345. The van der Waals surface area contributed by atoms with Gasteiger partial charge in [-0.2, -0.15) is 0 Å². The molecule has 0 aromatic heterocycles. The molecule has 2 saturated heterocycles. The molecule has 1 saturated carbocycles. The summed E-state index contributed by atoms with van der Waals surface area (Å²) in [5.74, 6) is 0. The van der Waals surface area contributed by atoms with Gasteiger partial charge in [-0.05, 0) is 44.9 Å². The third kappa shape index (κ3) is 1.13. The van der Waals surface area contributed by atoms with E-state index in [1.807, 2.05) is 0 Å². The average molecular weight is 241 g/mol. The maximum absolute atomic E-state index is 5.19. The number of hydrogen-bond acceptors (Lipinski definition) is 4. The zero-order valence-electron chi connectivity index (χ0n) is 8.86. The van der Waals surface area contributed by atoms with Crippen LogP contribution in [-0.2, 0) is 4.74 Å². The molecule has 2 nitrogen and oxygen atoms in total. The molecule has 0 amide bonds. The zero-order valence-corrected chi connectivity index (χ0v) is 10.5. The van der Waals surface area contributed by atoms with Gasteiger partial charge in [-0.25, -0.2) is 0 Å². The molecule has 3 aliphatic rings. The van der Waals surface area contributed by atoms with E-state index in [-0.39, 0.29) is 0 Å². The Morgan fingerprint density at radius 2 is 2.53 bits per heavy atom. The van der Waals surface area contributed by atoms with Crippen LogP contribution in [0.25, 0.3) is 0 Å². The minimum Gasteiger partial charge on any atom is -0.448 e. The molecule has 15 heavy (non-hydrogen) atoms. The van der Waals surface area contributed by atoms with Crippen LogP contribution in [0.15, 0.2) is 12.8 Å². The SMILES string of the molecule is C=COC(=S)SC12CC3CCC1(C2)N3C. The van der Waals surface area contributed by atoms with Gasteiger partial charge in [0.05, 0.1) is 6.26 Å². The fraction of sp³-hybridized carbons (Fsp3) is 0.727. The number of ether oxygens (including phenoxy) is 1. The van der Waals surface area contributed by atoms with Crippen LogP contribution in [0.4, 0.5) is 0 Å². The fourth-order valence-electron chi connectivity index (χ4n) is 3.62. The number of thiocarbonyl (C=S) groups is 1. The quantitative estimate of drug-likeness (QED) is 0.544. The summed E-state index contributed by atoms with van der Waals surface area (Å²) in [5.41, 5.74) is 0.455. The second-order valence-corrected chi connectivity index (χ2v) is 6.83. The van der Waals surface area contributed by atoms with E-state index in [0.717, 1.165) is 6.04 Å². The molecule has 3 rings (SSSR count). The van der Waals surface area contributed by atoms with E-state index in [1.165, 1.54) is 31.9 Å². The van der Waals surface area contributed by atoms with Crippen molar-refractivity contribution in [1.82, 2.24) is 4.90 Å². The molecule has 1 spiro atoms. The van der Waals surface area contributed by atoms with Gasteiger partial charge in [0.1, 0.15) is 0 Å². The molecule has 82 valence electrons. The van der Waals surface area contributed by atoms with E-state index in [9.17, 15) is 0 Å². The van der Waals surface area contributed by atoms with Crippen LogP contribution in [-0.4, -0.2) is 32.7 Å². The molecule has 3 unspecified atom stereocenters. The van der Waals surface area contributed by atoms with E-state index < -0.39 is 0 Å². The van der Waals surface area contributed by atoms with Crippen LogP contribution in [0.1, 0.15) is 25.7 Å². The standard InChI is InChI=1S/C11H15NOS2/c1-3-13-9(14)15-11-6-8-4-5-10(11,7-11)12(8)2/h3,8H,1,4-7H2,2H3. The summed E-state index contributed by atoms with van der Waals surface area (Å²) in [5, 5.41) is 0. The highest BCUT2D eigenvalue weighted by molar-refractivity contribution is 8.23. The maximum Gasteiger partial charge on any atom is 0.225 e. The summed E-state index contributed by atoms with van der Waals surface area (Å²) < 4.78 is 6.20. The first kappa shape index (κ1) is 10.1. The van der Waals surface area contributed by atoms with Crippen molar-refractivity contribution in [2.45, 2.75) is 42.0 Å². The van der Waals surface area contributed by atoms with Crippen molar-refractivity contribution in [1.29, 1.82) is 0 Å². The highest BCUT2D eigenvalue weighted by Gasteiger charge is 2.78. The number of hydrogen-bond donors (Lipinski definition) is 0. The fourth-order valence-corrected chi connectivity index (χ4v) is 5.63. The van der Waals surface area contributed by atoms with Crippen molar-refractivity contribution in [2.75, 3.05) is 7.05 Å². The van der Waals surface area contributed by atoms with Crippen LogP contribution in [0, 0.1) is 0 Å². The van der Waals surface area contributed by atoms with Crippen molar-refractivity contribution in [2.24, 2.45) is 0 Å². The molecule has 2 heterocycles. The van der Waals surface area contributed by atoms with E-state index in [0.29, 0.717) is 14.7 Å². The first-order chi connectivity index (χ1) is 7.13. The van der Waals surface area contributed by atoms with E-state index in [1.54, 1.807) is 11.8 Å². The Kier molecular flexibility index (Phi) is 2.02. The Labute approximate surface area is 100 Å². The lowest BCUT2D eigenvalue weighted by atomic mass is 10.0. The van der Waals surface area contributed by atoms with Crippen LogP contribution in [0.3, 0.4) is 0 Å². The van der Waals surface area contributed by atoms with Gasteiger partial charge in [0, 0.05) is 16.3 Å². The van der Waals surface area contributed by atoms with Gasteiger partial charge in [-0.3, -0.25) is 4.90 Å². The number of rotatable bonds is 2. The zero-order chi connectivity index (χ0) is 10.7. The molecule has 1 aliphatic carbocycles. The summed E-state index contributed by atoms with van der Waals surface area (Å²) in [7, 11) is 2.27. The summed E-state index contributed by atoms with van der Waals surface area (Å²) in [4.78, 5) is 2.58. The van der Waals surface area contributed by atoms with E-state index >= 15 is 0 Å². The molecule has 2 aliphatic heterocycles. The molecule has 0 aromatic carbocycles. The summed E-state index contributed by atoms with van der Waals surface area (Å²) in [6, 6.07) is 0.790. The van der Waals surface area contributed by atoms with Gasteiger partial charge in [-0.15, -0.1) is 0 Å². The first-order valence-corrected chi connectivity index (χ1v) is 6.59. The van der Waals surface area contributed by atoms with Crippen molar-refractivity contribution >= 4 is 28.4 Å². The van der Waals surface area contributed by atoms with E-state index in [4.69, 9.17) is 17.0 Å². The van der Waals surface area contributed by atoms with Gasteiger partial charge in [0.2, 0.25) is 4.38 Å². The third-order valence-corrected chi connectivity index (χ3v) is 6.13. The van der Waals surface area contributed by atoms with Crippen molar-refractivity contribution in [3.05, 3.63) is 12.8 Å². The summed E-state index contributed by atoms with van der Waals surface area (Å²) >= 11 is 6.95. The van der Waals surface area contributed by atoms with Gasteiger partial charge in [0.15, 0.2) is 0 Å². The van der Waals surface area contributed by atoms with Gasteiger partial charge in [-0.1, -0.05) is 18.3 Å². The Balaban J connectivity index is 1.75. The molecule has 0 radical (unpaired) electrons. The van der Waals surface area contributed by atoms with Gasteiger partial charge < -0.3 is 4.74 Å². The number of fused-ring (bicyclic) bond motifs is 1. The summed E-state index contributed by atoms with van der Waals surface area (Å²) in [6.07, 6.45) is 6.72. The lowest BCUT2D eigenvalue weighted by Gasteiger charge is -2.19. The average Bonchev–Trinajstić information content (AvgIpc) is 2.69. The molecular formula is C11H15NOS2. The predicted octanol–water partition coefficient (Wildman–Crippen LogP) is 2.54. The van der Waals surface area contributed by atoms with Gasteiger partial charge >= 0.3 is 0 Å². The molecule has 3 fully saturated rings. The minimum atomic E-state index is 0.380. The van der Waals surface area contributed by atoms with Gasteiger partial charge in [0.25, 0.3) is 0 Å². The number of nitrogens with zero attached hydrogens (tertiary/aromatic N) is 1. The van der Waals surface area contributed by atoms with Crippen LogP contribution >= 0.6 is 24.0 Å². The topological polar surface area (TPSA) is 12.5 Å². The number of thioether (sulfide) groups is 1. The molecular weight excluding hydrogens is 226 g/mol. The molecule has 3 atom stereocenters. The largest absolute Gasteiger partial charge is 0.448 e. The molecule has 0 aromatic rings. The van der Waals surface area contributed by atoms with Crippen LogP contribution in [0.2, 0.25) is 0 Å². The van der Waals surface area contributed by atoms with Crippen molar-refractivity contribution < 1.29 is 4.74 Å². The second kappa shape index (κ2) is 2.99. The Hall–Kier alpha value is -0.0600. The molecule has 4 heteroatoms. The molecule has 0 N–H and O–H groups in total. The maximum atomic E-state index is 5.19. The highest BCUT2D eigenvalue weighted by atomic mass is 32.2. The predicted molar refractivity (Wildman–Crippen MR) is 67.0 cm³/mol.